The zero-order valence-electron chi connectivity index (χ0n) is 14.8. The molecule has 0 saturated carbocycles. The van der Waals surface area contributed by atoms with Crippen molar-refractivity contribution in [1.29, 1.82) is 0 Å². The lowest BCUT2D eigenvalue weighted by Crippen LogP contribution is -2.26. The summed E-state index contributed by atoms with van der Waals surface area (Å²) in [6, 6.07) is 0. The molecule has 0 spiro atoms. The molecular formula is C18H26N6O. The molecule has 2 aliphatic rings. The van der Waals surface area contributed by atoms with Crippen LogP contribution < -0.4 is 15.8 Å². The lowest BCUT2D eigenvalue weighted by atomic mass is 10.1. The second-order valence-corrected chi connectivity index (χ2v) is 7.11. The third kappa shape index (κ3) is 3.33. The van der Waals surface area contributed by atoms with Gasteiger partial charge < -0.3 is 10.2 Å². The predicted molar refractivity (Wildman–Crippen MR) is 97.1 cm³/mol. The van der Waals surface area contributed by atoms with Crippen molar-refractivity contribution in [2.45, 2.75) is 51.5 Å². The molecule has 0 fully saturated rings. The number of hydrogen-bond donors (Lipinski definition) is 3. The van der Waals surface area contributed by atoms with E-state index in [1.807, 2.05) is 11.9 Å². The van der Waals surface area contributed by atoms with E-state index >= 15 is 0 Å². The highest BCUT2D eigenvalue weighted by Crippen LogP contribution is 2.23. The van der Waals surface area contributed by atoms with E-state index in [1.54, 1.807) is 0 Å². The number of H-pyrrole nitrogens is 2. The third-order valence-electron chi connectivity index (χ3n) is 5.32. The first-order valence-electron chi connectivity index (χ1n) is 9.31. The molecule has 0 unspecified atom stereocenters. The van der Waals surface area contributed by atoms with E-state index in [9.17, 15) is 4.79 Å². The van der Waals surface area contributed by atoms with Gasteiger partial charge in [-0.1, -0.05) is 6.42 Å². The molecular weight excluding hydrogens is 316 g/mol. The lowest BCUT2D eigenvalue weighted by molar-refractivity contribution is 0.696. The summed E-state index contributed by atoms with van der Waals surface area (Å²) in [6.45, 7) is 2.37. The van der Waals surface area contributed by atoms with Crippen molar-refractivity contribution in [3.8, 4) is 0 Å². The van der Waals surface area contributed by atoms with Gasteiger partial charge in [0.15, 0.2) is 0 Å². The van der Waals surface area contributed by atoms with Crippen LogP contribution in [0.5, 0.6) is 0 Å². The SMILES string of the molecule is CN(Cc1n[nH]c2c1CCCCC2)c1nc2c(c(=O)[nH]1)CCNCC2. The molecule has 1 aliphatic heterocycles. The third-order valence-corrected chi connectivity index (χ3v) is 5.32. The van der Waals surface area contributed by atoms with Crippen molar-refractivity contribution in [2.24, 2.45) is 0 Å². The monoisotopic (exact) mass is 342 g/mol. The van der Waals surface area contributed by atoms with Gasteiger partial charge in [-0.15, -0.1) is 0 Å². The number of rotatable bonds is 3. The van der Waals surface area contributed by atoms with Crippen LogP contribution in [0.15, 0.2) is 4.79 Å². The number of nitrogens with one attached hydrogen (secondary N) is 3. The number of nitrogens with zero attached hydrogens (tertiary/aromatic N) is 3. The van der Waals surface area contributed by atoms with Crippen molar-refractivity contribution >= 4 is 5.95 Å². The Kier molecular flexibility index (Phi) is 4.57. The van der Waals surface area contributed by atoms with E-state index in [1.165, 1.54) is 30.5 Å². The summed E-state index contributed by atoms with van der Waals surface area (Å²) in [7, 11) is 1.97. The number of aromatic nitrogens is 4. The smallest absolute Gasteiger partial charge is 0.255 e. The second kappa shape index (κ2) is 7.00. The normalized spacial score (nSPS) is 17.3. The zero-order valence-corrected chi connectivity index (χ0v) is 14.8. The summed E-state index contributed by atoms with van der Waals surface area (Å²) in [5, 5.41) is 11.1. The summed E-state index contributed by atoms with van der Waals surface area (Å²) in [6.07, 6.45) is 7.47. The zero-order chi connectivity index (χ0) is 17.2. The van der Waals surface area contributed by atoms with Crippen molar-refractivity contribution in [2.75, 3.05) is 25.0 Å². The molecule has 0 atom stereocenters. The first kappa shape index (κ1) is 16.3. The molecule has 3 N–H and O–H groups in total. The van der Waals surface area contributed by atoms with E-state index in [-0.39, 0.29) is 5.56 Å². The van der Waals surface area contributed by atoms with Gasteiger partial charge in [0.25, 0.3) is 5.56 Å². The molecule has 2 aromatic heterocycles. The van der Waals surface area contributed by atoms with Crippen molar-refractivity contribution in [1.82, 2.24) is 25.5 Å². The molecule has 134 valence electrons. The topological polar surface area (TPSA) is 89.7 Å². The maximum Gasteiger partial charge on any atom is 0.255 e. The van der Waals surface area contributed by atoms with Crippen LogP contribution in [0.4, 0.5) is 5.95 Å². The maximum absolute atomic E-state index is 12.5. The Morgan fingerprint density at radius 1 is 1.04 bits per heavy atom. The van der Waals surface area contributed by atoms with E-state index in [2.05, 4.69) is 20.5 Å². The largest absolute Gasteiger partial charge is 0.339 e. The van der Waals surface area contributed by atoms with E-state index < -0.39 is 0 Å². The Balaban J connectivity index is 1.59. The van der Waals surface area contributed by atoms with Gasteiger partial charge in [0.1, 0.15) is 0 Å². The molecule has 0 bridgehead atoms. The second-order valence-electron chi connectivity index (χ2n) is 7.11. The Labute approximate surface area is 147 Å². The minimum Gasteiger partial charge on any atom is -0.339 e. The summed E-state index contributed by atoms with van der Waals surface area (Å²) >= 11 is 0. The van der Waals surface area contributed by atoms with Crippen LogP contribution in [-0.4, -0.2) is 40.3 Å². The van der Waals surface area contributed by atoms with Crippen LogP contribution >= 0.6 is 0 Å². The van der Waals surface area contributed by atoms with Gasteiger partial charge in [-0.2, -0.15) is 5.10 Å². The van der Waals surface area contributed by atoms with Gasteiger partial charge >= 0.3 is 0 Å². The van der Waals surface area contributed by atoms with Crippen molar-refractivity contribution in [3.63, 3.8) is 0 Å². The molecule has 2 aromatic rings. The van der Waals surface area contributed by atoms with Gasteiger partial charge in [0, 0.05) is 31.3 Å². The fourth-order valence-electron chi connectivity index (χ4n) is 3.88. The molecule has 0 amide bonds. The summed E-state index contributed by atoms with van der Waals surface area (Å²) < 4.78 is 0. The minimum absolute atomic E-state index is 0.00333. The fraction of sp³-hybridized carbons (Fsp3) is 0.611. The number of fused-ring (bicyclic) bond motifs is 2. The van der Waals surface area contributed by atoms with Crippen LogP contribution in [-0.2, 0) is 32.2 Å². The van der Waals surface area contributed by atoms with Crippen molar-refractivity contribution in [3.05, 3.63) is 38.6 Å². The number of aromatic amines is 2. The van der Waals surface area contributed by atoms with E-state index in [0.29, 0.717) is 12.5 Å². The quantitative estimate of drug-likeness (QED) is 0.727. The molecule has 0 saturated heterocycles. The fourth-order valence-corrected chi connectivity index (χ4v) is 3.88. The molecule has 4 rings (SSSR count). The molecule has 1 aliphatic carbocycles. The molecule has 25 heavy (non-hydrogen) atoms. The van der Waals surface area contributed by atoms with Gasteiger partial charge in [0.2, 0.25) is 5.95 Å². The first-order valence-corrected chi connectivity index (χ1v) is 9.31. The predicted octanol–water partition coefficient (Wildman–Crippen LogP) is 1.09. The van der Waals surface area contributed by atoms with Gasteiger partial charge in [0.05, 0.1) is 17.9 Å². The Morgan fingerprint density at radius 2 is 1.88 bits per heavy atom. The van der Waals surface area contributed by atoms with Gasteiger partial charge in [-0.05, 0) is 44.2 Å². The Bertz CT molecular complexity index is 808. The van der Waals surface area contributed by atoms with Crippen LogP contribution in [0.3, 0.4) is 0 Å². The number of hydrogen-bond acceptors (Lipinski definition) is 5. The van der Waals surface area contributed by atoms with Crippen molar-refractivity contribution < 1.29 is 0 Å². The molecule has 7 heteroatoms. The highest BCUT2D eigenvalue weighted by molar-refractivity contribution is 5.36. The molecule has 3 heterocycles. The minimum atomic E-state index is -0.00333. The van der Waals surface area contributed by atoms with E-state index in [0.717, 1.165) is 55.7 Å². The Hall–Kier alpha value is -2.15. The maximum atomic E-state index is 12.5. The number of anilines is 1. The first-order chi connectivity index (χ1) is 12.2. The summed E-state index contributed by atoms with van der Waals surface area (Å²) in [5.41, 5.74) is 5.49. The highest BCUT2D eigenvalue weighted by Gasteiger charge is 2.19. The van der Waals surface area contributed by atoms with Crippen LogP contribution in [0.1, 0.15) is 47.5 Å². The summed E-state index contributed by atoms with van der Waals surface area (Å²) in [5.74, 6) is 0.635. The van der Waals surface area contributed by atoms with Crippen LogP contribution in [0.25, 0.3) is 0 Å². The van der Waals surface area contributed by atoms with Crippen LogP contribution in [0.2, 0.25) is 0 Å². The van der Waals surface area contributed by atoms with E-state index in [4.69, 9.17) is 4.98 Å². The van der Waals surface area contributed by atoms with Gasteiger partial charge in [-0.3, -0.25) is 14.9 Å². The van der Waals surface area contributed by atoms with Crippen LogP contribution in [0, 0.1) is 0 Å². The average molecular weight is 342 g/mol. The average Bonchev–Trinajstić information content (AvgIpc) is 2.81. The highest BCUT2D eigenvalue weighted by atomic mass is 16.1. The number of aryl methyl sites for hydroxylation is 1. The molecule has 7 nitrogen and oxygen atoms in total. The Morgan fingerprint density at radius 3 is 2.80 bits per heavy atom. The summed E-state index contributed by atoms with van der Waals surface area (Å²) in [4.78, 5) is 22.2. The van der Waals surface area contributed by atoms with Gasteiger partial charge in [-0.25, -0.2) is 4.98 Å². The lowest BCUT2D eigenvalue weighted by Gasteiger charge is -2.18. The standard InChI is InChI=1S/C18H26N6O/c1-24(11-16-12-5-3-2-4-6-15(12)22-23-16)18-20-14-8-10-19-9-7-13(14)17(25)21-18/h19H,2-11H2,1H3,(H,22,23)(H,20,21,25). The molecule has 0 aromatic carbocycles. The molecule has 0 radical (unpaired) electrons.